The monoisotopic (exact) mass is 411 g/mol. The summed E-state index contributed by atoms with van der Waals surface area (Å²) >= 11 is 0. The third-order valence-corrected chi connectivity index (χ3v) is 6.06. The minimum atomic E-state index is -0.00669. The molecule has 3 N–H and O–H groups in total. The predicted molar refractivity (Wildman–Crippen MR) is 118 cm³/mol. The van der Waals surface area contributed by atoms with E-state index < -0.39 is 0 Å². The van der Waals surface area contributed by atoms with E-state index in [1.54, 1.807) is 6.07 Å². The molecule has 0 saturated carbocycles. The Hall–Kier alpha value is -2.12. The number of nitrogens with zero attached hydrogens (tertiary/aromatic N) is 1. The SMILES string of the molecule is CC1CN(CCOc2ccc(C3NNC(C)C3c3ccccc3)c(O)c2)CC(C)O1. The molecular formula is C24H33N3O3. The maximum atomic E-state index is 10.7. The molecule has 5 atom stereocenters. The van der Waals surface area contributed by atoms with Crippen molar-refractivity contribution in [3.63, 3.8) is 0 Å². The van der Waals surface area contributed by atoms with E-state index in [0.717, 1.165) is 25.2 Å². The van der Waals surface area contributed by atoms with Gasteiger partial charge in [0.2, 0.25) is 0 Å². The van der Waals surface area contributed by atoms with Gasteiger partial charge in [-0.1, -0.05) is 36.4 Å². The second kappa shape index (κ2) is 9.35. The number of hydrogen-bond donors (Lipinski definition) is 3. The molecule has 0 aliphatic carbocycles. The Balaban J connectivity index is 1.39. The summed E-state index contributed by atoms with van der Waals surface area (Å²) in [5.41, 5.74) is 8.81. The highest BCUT2D eigenvalue weighted by Gasteiger charge is 2.36. The maximum absolute atomic E-state index is 10.7. The lowest BCUT2D eigenvalue weighted by molar-refractivity contribution is -0.0699. The van der Waals surface area contributed by atoms with Gasteiger partial charge >= 0.3 is 0 Å². The van der Waals surface area contributed by atoms with Gasteiger partial charge in [-0.3, -0.25) is 10.3 Å². The summed E-state index contributed by atoms with van der Waals surface area (Å²) < 4.78 is 11.7. The summed E-state index contributed by atoms with van der Waals surface area (Å²) in [6.45, 7) is 9.67. The van der Waals surface area contributed by atoms with E-state index in [4.69, 9.17) is 9.47 Å². The normalized spacial score (nSPS) is 29.8. The fourth-order valence-corrected chi connectivity index (χ4v) is 4.75. The molecule has 6 heteroatoms. The highest BCUT2D eigenvalue weighted by Crippen LogP contribution is 2.41. The molecule has 162 valence electrons. The Morgan fingerprint density at radius 3 is 2.47 bits per heavy atom. The molecular weight excluding hydrogens is 378 g/mol. The van der Waals surface area contributed by atoms with E-state index in [9.17, 15) is 5.11 Å². The molecule has 0 bridgehead atoms. The maximum Gasteiger partial charge on any atom is 0.124 e. The quantitative estimate of drug-likeness (QED) is 0.678. The first kappa shape index (κ1) is 21.1. The molecule has 2 aromatic rings. The van der Waals surface area contributed by atoms with Gasteiger partial charge in [0.1, 0.15) is 18.1 Å². The van der Waals surface area contributed by atoms with E-state index in [0.29, 0.717) is 12.4 Å². The van der Waals surface area contributed by atoms with Crippen LogP contribution in [-0.2, 0) is 4.74 Å². The third-order valence-electron chi connectivity index (χ3n) is 6.06. The minimum Gasteiger partial charge on any atom is -0.507 e. The van der Waals surface area contributed by atoms with Crippen LogP contribution in [0.4, 0.5) is 0 Å². The lowest BCUT2D eigenvalue weighted by atomic mass is 9.84. The van der Waals surface area contributed by atoms with Crippen molar-refractivity contribution in [2.45, 2.75) is 51.0 Å². The summed E-state index contributed by atoms with van der Waals surface area (Å²) in [6.07, 6.45) is 0.508. The number of morpholine rings is 1. The number of benzene rings is 2. The second-order valence-corrected chi connectivity index (χ2v) is 8.58. The molecule has 0 amide bonds. The standard InChI is InChI=1S/C24H33N3O3/c1-16-14-27(15-17(2)30-16)11-12-29-20-9-10-21(22(28)13-20)24-23(18(3)25-26-24)19-7-5-4-6-8-19/h4-10,13,16-18,23-26,28H,11-12,14-15H2,1-3H3. The summed E-state index contributed by atoms with van der Waals surface area (Å²) in [5, 5.41) is 10.7. The molecule has 2 saturated heterocycles. The Labute approximate surface area is 179 Å². The van der Waals surface area contributed by atoms with Crippen LogP contribution >= 0.6 is 0 Å². The first-order chi connectivity index (χ1) is 14.5. The van der Waals surface area contributed by atoms with Gasteiger partial charge in [0.05, 0.1) is 18.2 Å². The number of phenols is 1. The van der Waals surface area contributed by atoms with Gasteiger partial charge in [0.25, 0.3) is 0 Å². The van der Waals surface area contributed by atoms with Gasteiger partial charge in [-0.05, 0) is 32.4 Å². The van der Waals surface area contributed by atoms with Crippen LogP contribution in [0.5, 0.6) is 11.5 Å². The lowest BCUT2D eigenvalue weighted by Gasteiger charge is -2.35. The average Bonchev–Trinajstić information content (AvgIpc) is 3.09. The Morgan fingerprint density at radius 1 is 1.03 bits per heavy atom. The highest BCUT2D eigenvalue weighted by molar-refractivity contribution is 5.44. The van der Waals surface area contributed by atoms with Gasteiger partial charge in [-0.25, -0.2) is 5.43 Å². The van der Waals surface area contributed by atoms with Crippen LogP contribution in [0.2, 0.25) is 0 Å². The number of phenolic OH excluding ortho intramolecular Hbond substituents is 1. The van der Waals surface area contributed by atoms with Crippen molar-refractivity contribution in [3.8, 4) is 11.5 Å². The van der Waals surface area contributed by atoms with Crippen molar-refractivity contribution < 1.29 is 14.6 Å². The van der Waals surface area contributed by atoms with Crippen LogP contribution in [0.3, 0.4) is 0 Å². The summed E-state index contributed by atoms with van der Waals surface area (Å²) in [6, 6.07) is 16.3. The van der Waals surface area contributed by atoms with E-state index in [1.807, 2.05) is 18.2 Å². The molecule has 2 fully saturated rings. The Bertz CT molecular complexity index is 822. The number of nitrogens with one attached hydrogen (secondary N) is 2. The Morgan fingerprint density at radius 2 is 1.77 bits per heavy atom. The molecule has 30 heavy (non-hydrogen) atoms. The third kappa shape index (κ3) is 4.78. The minimum absolute atomic E-state index is 0.00669. The Kier molecular flexibility index (Phi) is 6.58. The summed E-state index contributed by atoms with van der Waals surface area (Å²) in [7, 11) is 0. The lowest BCUT2D eigenvalue weighted by Crippen LogP contribution is -2.46. The zero-order valence-corrected chi connectivity index (χ0v) is 18.0. The number of rotatable bonds is 6. The van der Waals surface area contributed by atoms with E-state index in [-0.39, 0.29) is 36.0 Å². The smallest absolute Gasteiger partial charge is 0.124 e. The molecule has 2 aliphatic rings. The molecule has 6 nitrogen and oxygen atoms in total. The van der Waals surface area contributed by atoms with Crippen LogP contribution in [0.1, 0.15) is 43.9 Å². The van der Waals surface area contributed by atoms with Gasteiger partial charge in [0, 0.05) is 43.2 Å². The van der Waals surface area contributed by atoms with Crippen LogP contribution in [0.25, 0.3) is 0 Å². The van der Waals surface area contributed by atoms with Gasteiger partial charge in [-0.15, -0.1) is 0 Å². The van der Waals surface area contributed by atoms with Crippen LogP contribution in [-0.4, -0.2) is 54.5 Å². The van der Waals surface area contributed by atoms with Gasteiger partial charge in [-0.2, -0.15) is 0 Å². The summed E-state index contributed by atoms with van der Waals surface area (Å²) in [4.78, 5) is 2.37. The molecule has 4 rings (SSSR count). The van der Waals surface area contributed by atoms with Gasteiger partial charge in [0.15, 0.2) is 0 Å². The first-order valence-electron chi connectivity index (χ1n) is 10.9. The molecule has 2 heterocycles. The second-order valence-electron chi connectivity index (χ2n) is 8.58. The number of ether oxygens (including phenoxy) is 2. The van der Waals surface area contributed by atoms with E-state index in [2.05, 4.69) is 60.8 Å². The van der Waals surface area contributed by atoms with Crippen LogP contribution < -0.4 is 15.6 Å². The van der Waals surface area contributed by atoms with E-state index in [1.165, 1.54) is 5.56 Å². The van der Waals surface area contributed by atoms with Crippen molar-refractivity contribution in [2.75, 3.05) is 26.2 Å². The van der Waals surface area contributed by atoms with Crippen molar-refractivity contribution >= 4 is 0 Å². The topological polar surface area (TPSA) is 66.0 Å². The zero-order valence-electron chi connectivity index (χ0n) is 18.0. The van der Waals surface area contributed by atoms with Crippen molar-refractivity contribution in [1.29, 1.82) is 0 Å². The fourth-order valence-electron chi connectivity index (χ4n) is 4.75. The summed E-state index contributed by atoms with van der Waals surface area (Å²) in [5.74, 6) is 1.19. The average molecular weight is 412 g/mol. The van der Waals surface area contributed by atoms with Crippen molar-refractivity contribution in [1.82, 2.24) is 15.8 Å². The molecule has 0 spiro atoms. The van der Waals surface area contributed by atoms with Crippen LogP contribution in [0, 0.1) is 0 Å². The van der Waals surface area contributed by atoms with Gasteiger partial charge < -0.3 is 14.6 Å². The molecule has 5 unspecified atom stereocenters. The van der Waals surface area contributed by atoms with Crippen molar-refractivity contribution in [2.24, 2.45) is 0 Å². The number of hydrogen-bond acceptors (Lipinski definition) is 6. The highest BCUT2D eigenvalue weighted by atomic mass is 16.5. The molecule has 2 aromatic carbocycles. The number of aromatic hydroxyl groups is 1. The first-order valence-corrected chi connectivity index (χ1v) is 10.9. The zero-order chi connectivity index (χ0) is 21.1. The molecule has 2 aliphatic heterocycles. The van der Waals surface area contributed by atoms with E-state index >= 15 is 0 Å². The predicted octanol–water partition coefficient (Wildman–Crippen LogP) is 3.20. The molecule has 0 radical (unpaired) electrons. The van der Waals surface area contributed by atoms with Crippen molar-refractivity contribution in [3.05, 3.63) is 59.7 Å². The fraction of sp³-hybridized carbons (Fsp3) is 0.500. The number of hydrazine groups is 1. The van der Waals surface area contributed by atoms with Crippen LogP contribution in [0.15, 0.2) is 48.5 Å². The molecule has 0 aromatic heterocycles. The largest absolute Gasteiger partial charge is 0.507 e.